The van der Waals surface area contributed by atoms with Gasteiger partial charge in [-0.25, -0.2) is 17.5 Å². The minimum Gasteiger partial charge on any atom is -0.308 e. The number of nitrogens with one attached hydrogen (secondary N) is 2. The second-order valence-electron chi connectivity index (χ2n) is 5.72. The molecule has 0 amide bonds. The predicted octanol–water partition coefficient (Wildman–Crippen LogP) is 2.30. The Kier molecular flexibility index (Phi) is 4.48. The highest BCUT2D eigenvalue weighted by Gasteiger charge is 2.22. The summed E-state index contributed by atoms with van der Waals surface area (Å²) in [5.41, 5.74) is 2.68. The van der Waals surface area contributed by atoms with E-state index in [0.717, 1.165) is 18.5 Å². The smallest absolute Gasteiger partial charge is 0.240 e. The van der Waals surface area contributed by atoms with Crippen molar-refractivity contribution in [2.75, 3.05) is 13.1 Å². The molecule has 0 aliphatic carbocycles. The number of halogens is 1. The summed E-state index contributed by atoms with van der Waals surface area (Å²) in [7, 11) is -3.66. The normalized spacial score (nSPS) is 17.7. The topological polar surface area (TPSA) is 58.2 Å². The summed E-state index contributed by atoms with van der Waals surface area (Å²) in [5.74, 6) is -0.410. The summed E-state index contributed by atoms with van der Waals surface area (Å²) in [6.45, 7) is 2.63. The Morgan fingerprint density at radius 3 is 2.83 bits per heavy atom. The highest BCUT2D eigenvalue weighted by Crippen LogP contribution is 2.22. The molecule has 0 radical (unpaired) electrons. The van der Waals surface area contributed by atoms with Crippen LogP contribution in [0.5, 0.6) is 0 Å². The van der Waals surface area contributed by atoms with Crippen molar-refractivity contribution < 1.29 is 12.8 Å². The molecule has 6 heteroatoms. The number of fused-ring (bicyclic) bond motifs is 1. The van der Waals surface area contributed by atoms with Crippen LogP contribution in [0.1, 0.15) is 22.7 Å². The molecule has 0 saturated heterocycles. The summed E-state index contributed by atoms with van der Waals surface area (Å²) in [4.78, 5) is 0.0838. The van der Waals surface area contributed by atoms with Crippen molar-refractivity contribution in [3.63, 3.8) is 0 Å². The van der Waals surface area contributed by atoms with Gasteiger partial charge in [-0.2, -0.15) is 0 Å². The molecule has 0 spiro atoms. The fraction of sp³-hybridized carbons (Fsp3) is 0.294. The molecule has 2 aromatic rings. The molecule has 0 fully saturated rings. The Bertz CT molecular complexity index is 821. The minimum absolute atomic E-state index is 0.0590. The van der Waals surface area contributed by atoms with Crippen molar-refractivity contribution in [2.45, 2.75) is 24.3 Å². The van der Waals surface area contributed by atoms with E-state index in [1.807, 2.05) is 18.2 Å². The molecule has 1 atom stereocenters. The summed E-state index contributed by atoms with van der Waals surface area (Å²) >= 11 is 0. The van der Waals surface area contributed by atoms with Crippen molar-refractivity contribution in [2.24, 2.45) is 0 Å². The van der Waals surface area contributed by atoms with Crippen LogP contribution in [0.3, 0.4) is 0 Å². The van der Waals surface area contributed by atoms with Gasteiger partial charge in [0, 0.05) is 12.6 Å². The fourth-order valence-corrected chi connectivity index (χ4v) is 3.97. The molecule has 23 heavy (non-hydrogen) atoms. The SMILES string of the molecule is Cc1cc(S(=O)(=O)NCC2NCCc3ccccc32)ccc1F. The van der Waals surface area contributed by atoms with E-state index < -0.39 is 15.8 Å². The summed E-state index contributed by atoms with van der Waals surface area (Å²) in [5, 5.41) is 3.33. The van der Waals surface area contributed by atoms with Crippen LogP contribution < -0.4 is 10.0 Å². The highest BCUT2D eigenvalue weighted by atomic mass is 32.2. The van der Waals surface area contributed by atoms with Crippen LogP contribution in [-0.2, 0) is 16.4 Å². The monoisotopic (exact) mass is 334 g/mol. The third-order valence-corrected chi connectivity index (χ3v) is 5.55. The number of hydrogen-bond acceptors (Lipinski definition) is 3. The number of rotatable bonds is 4. The third-order valence-electron chi connectivity index (χ3n) is 4.13. The Balaban J connectivity index is 1.76. The van der Waals surface area contributed by atoms with Gasteiger partial charge in [-0.05, 0) is 54.8 Å². The van der Waals surface area contributed by atoms with Gasteiger partial charge in [-0.3, -0.25) is 0 Å². The predicted molar refractivity (Wildman–Crippen MR) is 87.2 cm³/mol. The van der Waals surface area contributed by atoms with Crippen LogP contribution in [0.15, 0.2) is 47.4 Å². The first-order chi connectivity index (χ1) is 11.0. The van der Waals surface area contributed by atoms with Crippen molar-refractivity contribution in [3.8, 4) is 0 Å². The Hall–Kier alpha value is -1.76. The van der Waals surface area contributed by atoms with Crippen molar-refractivity contribution >= 4 is 10.0 Å². The Labute approximate surface area is 135 Å². The molecule has 122 valence electrons. The van der Waals surface area contributed by atoms with Gasteiger partial charge in [0.05, 0.1) is 4.90 Å². The zero-order valence-electron chi connectivity index (χ0n) is 12.8. The van der Waals surface area contributed by atoms with Crippen LogP contribution >= 0.6 is 0 Å². The van der Waals surface area contributed by atoms with Gasteiger partial charge in [0.2, 0.25) is 10.0 Å². The van der Waals surface area contributed by atoms with Crippen LogP contribution in [0.25, 0.3) is 0 Å². The number of benzene rings is 2. The van der Waals surface area contributed by atoms with Gasteiger partial charge >= 0.3 is 0 Å². The minimum atomic E-state index is -3.66. The maximum absolute atomic E-state index is 13.3. The highest BCUT2D eigenvalue weighted by molar-refractivity contribution is 7.89. The largest absolute Gasteiger partial charge is 0.308 e. The van der Waals surface area contributed by atoms with E-state index in [2.05, 4.69) is 16.1 Å². The average Bonchev–Trinajstić information content (AvgIpc) is 2.55. The molecule has 3 rings (SSSR count). The van der Waals surface area contributed by atoms with Crippen molar-refractivity contribution in [1.29, 1.82) is 0 Å². The molecular weight excluding hydrogens is 315 g/mol. The van der Waals surface area contributed by atoms with E-state index in [1.165, 1.54) is 23.8 Å². The summed E-state index contributed by atoms with van der Waals surface area (Å²) < 4.78 is 40.7. The molecule has 0 saturated carbocycles. The van der Waals surface area contributed by atoms with E-state index in [9.17, 15) is 12.8 Å². The molecule has 2 aromatic carbocycles. The van der Waals surface area contributed by atoms with E-state index in [-0.39, 0.29) is 17.5 Å². The maximum atomic E-state index is 13.3. The lowest BCUT2D eigenvalue weighted by atomic mass is 9.95. The standard InChI is InChI=1S/C17H19FN2O2S/c1-12-10-14(6-7-16(12)18)23(21,22)20-11-17-15-5-3-2-4-13(15)8-9-19-17/h2-7,10,17,19-20H,8-9,11H2,1H3. The first-order valence-electron chi connectivity index (χ1n) is 7.54. The van der Waals surface area contributed by atoms with Crippen LogP contribution in [0, 0.1) is 12.7 Å². The Morgan fingerprint density at radius 1 is 1.26 bits per heavy atom. The van der Waals surface area contributed by atoms with E-state index in [4.69, 9.17) is 0 Å². The molecule has 1 aliphatic heterocycles. The maximum Gasteiger partial charge on any atom is 0.240 e. The van der Waals surface area contributed by atoms with Gasteiger partial charge in [-0.1, -0.05) is 24.3 Å². The van der Waals surface area contributed by atoms with Crippen LogP contribution in [0.4, 0.5) is 4.39 Å². The second-order valence-corrected chi connectivity index (χ2v) is 7.49. The van der Waals surface area contributed by atoms with E-state index in [0.29, 0.717) is 5.56 Å². The molecular formula is C17H19FN2O2S. The van der Waals surface area contributed by atoms with Crippen molar-refractivity contribution in [1.82, 2.24) is 10.0 Å². The van der Waals surface area contributed by atoms with E-state index in [1.54, 1.807) is 6.92 Å². The molecule has 0 bridgehead atoms. The average molecular weight is 334 g/mol. The number of sulfonamides is 1. The lowest BCUT2D eigenvalue weighted by Gasteiger charge is -2.27. The van der Waals surface area contributed by atoms with Gasteiger partial charge in [0.1, 0.15) is 5.82 Å². The molecule has 1 heterocycles. The fourth-order valence-electron chi connectivity index (χ4n) is 2.84. The van der Waals surface area contributed by atoms with E-state index >= 15 is 0 Å². The first kappa shape index (κ1) is 16.1. The van der Waals surface area contributed by atoms with Gasteiger partial charge in [0.15, 0.2) is 0 Å². The quantitative estimate of drug-likeness (QED) is 0.902. The molecule has 1 aliphatic rings. The Morgan fingerprint density at radius 2 is 2.04 bits per heavy atom. The third kappa shape index (κ3) is 3.44. The van der Waals surface area contributed by atoms with Gasteiger partial charge < -0.3 is 5.32 Å². The lowest BCUT2D eigenvalue weighted by Crippen LogP contribution is -2.38. The number of aryl methyl sites for hydroxylation is 1. The van der Waals surface area contributed by atoms with Crippen molar-refractivity contribution in [3.05, 3.63) is 65.0 Å². The summed E-state index contributed by atoms with van der Waals surface area (Å²) in [6, 6.07) is 11.8. The molecule has 4 nitrogen and oxygen atoms in total. The lowest BCUT2D eigenvalue weighted by molar-refractivity contribution is 0.491. The van der Waals surface area contributed by atoms with Crippen LogP contribution in [-0.4, -0.2) is 21.5 Å². The number of hydrogen-bond donors (Lipinski definition) is 2. The van der Waals surface area contributed by atoms with Gasteiger partial charge in [-0.15, -0.1) is 0 Å². The second kappa shape index (κ2) is 6.39. The first-order valence-corrected chi connectivity index (χ1v) is 9.03. The zero-order valence-corrected chi connectivity index (χ0v) is 13.7. The molecule has 1 unspecified atom stereocenters. The molecule has 0 aromatic heterocycles. The summed E-state index contributed by atoms with van der Waals surface area (Å²) in [6.07, 6.45) is 0.941. The zero-order chi connectivity index (χ0) is 16.4. The van der Waals surface area contributed by atoms with Gasteiger partial charge in [0.25, 0.3) is 0 Å². The molecule has 2 N–H and O–H groups in total. The van der Waals surface area contributed by atoms with Crippen LogP contribution in [0.2, 0.25) is 0 Å².